The fourth-order valence-corrected chi connectivity index (χ4v) is 1.26. The first-order valence-electron chi connectivity index (χ1n) is 6.26. The van der Waals surface area contributed by atoms with Crippen molar-refractivity contribution in [1.82, 2.24) is 10.6 Å². The van der Waals surface area contributed by atoms with Crippen LogP contribution in [0.5, 0.6) is 0 Å². The van der Waals surface area contributed by atoms with Crippen molar-refractivity contribution < 1.29 is 14.3 Å². The molecule has 1 unspecified atom stereocenters. The van der Waals surface area contributed by atoms with E-state index in [2.05, 4.69) is 10.6 Å². The number of carbonyl (C=O) groups excluding carboxylic acids is 2. The largest absolute Gasteiger partial charge is 0.444 e. The monoisotopic (exact) mass is 258 g/mol. The Kier molecular flexibility index (Phi) is 5.64. The van der Waals surface area contributed by atoms with Gasteiger partial charge in [-0.3, -0.25) is 4.79 Å². The van der Waals surface area contributed by atoms with E-state index in [1.807, 2.05) is 27.7 Å². The molecule has 0 heterocycles. The molecule has 5 heteroatoms. The molecular formula is C13H26N2O3. The van der Waals surface area contributed by atoms with Crippen molar-refractivity contribution in [3.05, 3.63) is 0 Å². The minimum absolute atomic E-state index is 0.198. The Morgan fingerprint density at radius 2 is 1.61 bits per heavy atom. The zero-order chi connectivity index (χ0) is 14.6. The van der Waals surface area contributed by atoms with Crippen molar-refractivity contribution >= 4 is 12.0 Å². The molecule has 106 valence electrons. The van der Waals surface area contributed by atoms with Gasteiger partial charge in [0.25, 0.3) is 0 Å². The maximum atomic E-state index is 11.9. The summed E-state index contributed by atoms with van der Waals surface area (Å²) in [4.78, 5) is 23.5. The lowest BCUT2D eigenvalue weighted by atomic mass is 10.1. The van der Waals surface area contributed by atoms with Gasteiger partial charge in [0.2, 0.25) is 5.91 Å². The predicted octanol–water partition coefficient (Wildman–Crippen LogP) is 2.20. The minimum atomic E-state index is -0.571. The molecule has 0 aliphatic rings. The van der Waals surface area contributed by atoms with E-state index in [4.69, 9.17) is 4.74 Å². The molecule has 0 rings (SSSR count). The highest BCUT2D eigenvalue weighted by atomic mass is 16.6. The molecule has 18 heavy (non-hydrogen) atoms. The maximum absolute atomic E-state index is 11.9. The summed E-state index contributed by atoms with van der Waals surface area (Å²) in [6.07, 6.45) is -0.0559. The lowest BCUT2D eigenvalue weighted by molar-refractivity contribution is -0.124. The lowest BCUT2D eigenvalue weighted by Gasteiger charge is -2.26. The maximum Gasteiger partial charge on any atom is 0.408 e. The van der Waals surface area contributed by atoms with Crippen LogP contribution < -0.4 is 10.6 Å². The number of rotatable bonds is 3. The van der Waals surface area contributed by atoms with E-state index in [9.17, 15) is 9.59 Å². The quantitative estimate of drug-likeness (QED) is 0.815. The van der Waals surface area contributed by atoms with Crippen LogP contribution in [0.4, 0.5) is 4.79 Å². The summed E-state index contributed by atoms with van der Waals surface area (Å²) < 4.78 is 5.12. The summed E-state index contributed by atoms with van der Waals surface area (Å²) in [7, 11) is 0. The molecule has 0 saturated carbocycles. The van der Waals surface area contributed by atoms with Crippen molar-refractivity contribution in [3.8, 4) is 0 Å². The van der Waals surface area contributed by atoms with Crippen LogP contribution >= 0.6 is 0 Å². The topological polar surface area (TPSA) is 67.4 Å². The van der Waals surface area contributed by atoms with Crippen molar-refractivity contribution in [2.24, 2.45) is 0 Å². The Hall–Kier alpha value is -1.26. The summed E-state index contributed by atoms with van der Waals surface area (Å²) in [5.41, 5.74) is -0.886. The Balaban J connectivity index is 4.44. The van der Waals surface area contributed by atoms with E-state index in [0.29, 0.717) is 6.42 Å². The van der Waals surface area contributed by atoms with E-state index in [1.165, 1.54) is 0 Å². The van der Waals surface area contributed by atoms with Crippen LogP contribution in [-0.4, -0.2) is 29.2 Å². The molecule has 0 aromatic rings. The summed E-state index contributed by atoms with van der Waals surface area (Å²) in [5, 5.41) is 5.40. The highest BCUT2D eigenvalue weighted by Gasteiger charge is 2.25. The molecule has 0 bridgehead atoms. The van der Waals surface area contributed by atoms with Crippen molar-refractivity contribution in [2.45, 2.75) is 72.1 Å². The van der Waals surface area contributed by atoms with Gasteiger partial charge in [-0.25, -0.2) is 4.79 Å². The van der Waals surface area contributed by atoms with Gasteiger partial charge in [-0.2, -0.15) is 0 Å². The number of nitrogens with one attached hydrogen (secondary N) is 2. The van der Waals surface area contributed by atoms with Crippen LogP contribution in [0.25, 0.3) is 0 Å². The minimum Gasteiger partial charge on any atom is -0.444 e. The molecule has 0 aliphatic heterocycles. The second-order valence-electron chi connectivity index (χ2n) is 6.35. The Labute approximate surface area is 110 Å². The second-order valence-corrected chi connectivity index (χ2v) is 6.35. The van der Waals surface area contributed by atoms with E-state index < -0.39 is 17.7 Å². The first kappa shape index (κ1) is 16.7. The number of alkyl carbamates (subject to hydrolysis) is 1. The third kappa shape index (κ3) is 7.92. The number of amides is 2. The van der Waals surface area contributed by atoms with Crippen molar-refractivity contribution in [3.63, 3.8) is 0 Å². The molecule has 0 saturated heterocycles. The van der Waals surface area contributed by atoms with E-state index >= 15 is 0 Å². The predicted molar refractivity (Wildman–Crippen MR) is 71.3 cm³/mol. The zero-order valence-corrected chi connectivity index (χ0v) is 12.5. The van der Waals surface area contributed by atoms with Gasteiger partial charge in [-0.1, -0.05) is 6.92 Å². The van der Waals surface area contributed by atoms with E-state index in [0.717, 1.165) is 0 Å². The van der Waals surface area contributed by atoms with Gasteiger partial charge in [-0.05, 0) is 48.0 Å². The summed E-state index contributed by atoms with van der Waals surface area (Å²) in [6, 6.07) is -0.570. The molecule has 0 aromatic carbocycles. The molecule has 1 atom stereocenters. The van der Waals surface area contributed by atoms with Gasteiger partial charge in [0.15, 0.2) is 0 Å². The number of hydrogen-bond donors (Lipinski definition) is 2. The number of ether oxygens (including phenoxy) is 1. The van der Waals surface area contributed by atoms with Gasteiger partial charge in [0, 0.05) is 5.54 Å². The zero-order valence-electron chi connectivity index (χ0n) is 12.5. The SMILES string of the molecule is CCC(NC(=O)OC(C)(C)C)C(=O)NC(C)(C)C. The third-order valence-electron chi connectivity index (χ3n) is 1.91. The van der Waals surface area contributed by atoms with Gasteiger partial charge in [-0.15, -0.1) is 0 Å². The van der Waals surface area contributed by atoms with Crippen LogP contribution in [0.15, 0.2) is 0 Å². The van der Waals surface area contributed by atoms with Gasteiger partial charge in [0.05, 0.1) is 0 Å². The fourth-order valence-electron chi connectivity index (χ4n) is 1.26. The highest BCUT2D eigenvalue weighted by molar-refractivity contribution is 5.86. The van der Waals surface area contributed by atoms with E-state index in [-0.39, 0.29) is 11.4 Å². The molecule has 2 amide bonds. The van der Waals surface area contributed by atoms with Gasteiger partial charge < -0.3 is 15.4 Å². The standard InChI is InChI=1S/C13H26N2O3/c1-8-9(10(16)15-12(2,3)4)14-11(17)18-13(5,6)7/h9H,8H2,1-7H3,(H,14,17)(H,15,16). The molecule has 0 aromatic heterocycles. The van der Waals surface area contributed by atoms with Crippen LogP contribution in [0.2, 0.25) is 0 Å². The summed E-state index contributed by atoms with van der Waals surface area (Å²) >= 11 is 0. The van der Waals surface area contributed by atoms with Crippen LogP contribution in [0.3, 0.4) is 0 Å². The number of hydrogen-bond acceptors (Lipinski definition) is 3. The molecule has 0 radical (unpaired) electrons. The second kappa shape index (κ2) is 6.07. The Morgan fingerprint density at radius 1 is 1.11 bits per heavy atom. The van der Waals surface area contributed by atoms with Gasteiger partial charge in [0.1, 0.15) is 11.6 Å². The average Bonchev–Trinajstić information content (AvgIpc) is 2.07. The molecule has 0 aliphatic carbocycles. The summed E-state index contributed by atoms with van der Waals surface area (Å²) in [6.45, 7) is 12.9. The molecule has 5 nitrogen and oxygen atoms in total. The van der Waals surface area contributed by atoms with Crippen LogP contribution in [0.1, 0.15) is 54.9 Å². The smallest absolute Gasteiger partial charge is 0.408 e. The summed E-state index contributed by atoms with van der Waals surface area (Å²) in [5.74, 6) is -0.198. The van der Waals surface area contributed by atoms with Crippen molar-refractivity contribution in [1.29, 1.82) is 0 Å². The third-order valence-corrected chi connectivity index (χ3v) is 1.91. The Morgan fingerprint density at radius 3 is 1.94 bits per heavy atom. The first-order chi connectivity index (χ1) is 7.94. The molecule has 0 fully saturated rings. The van der Waals surface area contributed by atoms with E-state index in [1.54, 1.807) is 20.8 Å². The average molecular weight is 258 g/mol. The molecule has 0 spiro atoms. The normalized spacial score (nSPS) is 13.7. The van der Waals surface area contributed by atoms with Crippen LogP contribution in [-0.2, 0) is 9.53 Å². The highest BCUT2D eigenvalue weighted by Crippen LogP contribution is 2.07. The Bertz CT molecular complexity index is 300. The van der Waals surface area contributed by atoms with Crippen LogP contribution in [0, 0.1) is 0 Å². The molecule has 2 N–H and O–H groups in total. The fraction of sp³-hybridized carbons (Fsp3) is 0.846. The van der Waals surface area contributed by atoms with Gasteiger partial charge >= 0.3 is 6.09 Å². The first-order valence-corrected chi connectivity index (χ1v) is 6.26. The van der Waals surface area contributed by atoms with Crippen molar-refractivity contribution in [2.75, 3.05) is 0 Å². The molecular weight excluding hydrogens is 232 g/mol. The number of carbonyl (C=O) groups is 2. The lowest BCUT2D eigenvalue weighted by Crippen LogP contribution is -2.52.